The van der Waals surface area contributed by atoms with Crippen molar-refractivity contribution in [3.8, 4) is 0 Å². The third-order valence-electron chi connectivity index (χ3n) is 4.16. The van der Waals surface area contributed by atoms with E-state index in [-0.39, 0.29) is 17.6 Å². The molecule has 1 aromatic rings. The number of nitrogens with one attached hydrogen (secondary N) is 2. The van der Waals surface area contributed by atoms with Gasteiger partial charge >= 0.3 is 12.0 Å². The molecule has 3 N–H and O–H groups in total. The molecule has 0 bridgehead atoms. The van der Waals surface area contributed by atoms with Gasteiger partial charge in [0.2, 0.25) is 0 Å². The molecule has 0 aliphatic heterocycles. The van der Waals surface area contributed by atoms with Crippen LogP contribution >= 0.6 is 0 Å². The average molecular weight is 290 g/mol. The lowest BCUT2D eigenvalue weighted by Crippen LogP contribution is -2.43. The van der Waals surface area contributed by atoms with Gasteiger partial charge in [0.25, 0.3) is 0 Å². The van der Waals surface area contributed by atoms with Gasteiger partial charge in [-0.2, -0.15) is 0 Å². The number of carbonyl (C=O) groups excluding carboxylic acids is 1. The molecular formula is C16H22N2O3. The Hall–Kier alpha value is -2.04. The van der Waals surface area contributed by atoms with Crippen LogP contribution in [0.25, 0.3) is 0 Å². The van der Waals surface area contributed by atoms with Crippen molar-refractivity contribution < 1.29 is 14.7 Å². The lowest BCUT2D eigenvalue weighted by atomic mass is 9.86. The van der Waals surface area contributed by atoms with E-state index in [4.69, 9.17) is 0 Å². The Morgan fingerprint density at radius 2 is 1.95 bits per heavy atom. The molecule has 0 heterocycles. The molecule has 0 radical (unpaired) electrons. The molecular weight excluding hydrogens is 268 g/mol. The van der Waals surface area contributed by atoms with Gasteiger partial charge in [0.05, 0.1) is 11.3 Å². The largest absolute Gasteiger partial charge is 0.478 e. The van der Waals surface area contributed by atoms with E-state index in [1.165, 1.54) is 6.42 Å². The molecule has 2 rings (SSSR count). The average Bonchev–Trinajstić information content (AvgIpc) is 2.41. The number of hydrogen-bond acceptors (Lipinski definition) is 2. The van der Waals surface area contributed by atoms with Gasteiger partial charge in [-0.05, 0) is 37.3 Å². The van der Waals surface area contributed by atoms with Crippen LogP contribution in [0, 0.1) is 12.8 Å². The fraction of sp³-hybridized carbons (Fsp3) is 0.500. The summed E-state index contributed by atoms with van der Waals surface area (Å²) in [7, 11) is 0. The molecule has 21 heavy (non-hydrogen) atoms. The first-order valence-electron chi connectivity index (χ1n) is 7.39. The number of carboxylic acids is 1. The summed E-state index contributed by atoms with van der Waals surface area (Å²) < 4.78 is 0. The maximum atomic E-state index is 12.1. The van der Waals surface area contributed by atoms with Crippen molar-refractivity contribution in [2.75, 3.05) is 5.32 Å². The van der Waals surface area contributed by atoms with Crippen LogP contribution in [-0.2, 0) is 0 Å². The molecule has 2 amide bonds. The first-order valence-corrected chi connectivity index (χ1v) is 7.39. The summed E-state index contributed by atoms with van der Waals surface area (Å²) in [6.07, 6.45) is 4.44. The predicted molar refractivity (Wildman–Crippen MR) is 81.7 cm³/mol. The molecule has 2 atom stereocenters. The summed E-state index contributed by atoms with van der Waals surface area (Å²) in [5, 5.41) is 14.9. The Kier molecular flexibility index (Phi) is 4.83. The Balaban J connectivity index is 2.06. The maximum absolute atomic E-state index is 12.1. The van der Waals surface area contributed by atoms with Crippen molar-refractivity contribution in [3.63, 3.8) is 0 Å². The zero-order valence-corrected chi connectivity index (χ0v) is 12.5. The molecule has 0 spiro atoms. The lowest BCUT2D eigenvalue weighted by Gasteiger charge is -2.29. The topological polar surface area (TPSA) is 78.4 Å². The first-order chi connectivity index (χ1) is 9.99. The molecule has 114 valence electrons. The van der Waals surface area contributed by atoms with Crippen LogP contribution in [-0.4, -0.2) is 23.1 Å². The second-order valence-corrected chi connectivity index (χ2v) is 5.77. The lowest BCUT2D eigenvalue weighted by molar-refractivity contribution is 0.0697. The number of rotatable bonds is 3. The Labute approximate surface area is 124 Å². The van der Waals surface area contributed by atoms with E-state index in [1.54, 1.807) is 25.1 Å². The normalized spacial score (nSPS) is 21.6. The molecule has 1 fully saturated rings. The summed E-state index contributed by atoms with van der Waals surface area (Å²) in [6, 6.07) is 4.90. The number of urea groups is 1. The van der Waals surface area contributed by atoms with Crippen molar-refractivity contribution in [3.05, 3.63) is 29.3 Å². The van der Waals surface area contributed by atoms with E-state index in [0.717, 1.165) is 19.3 Å². The number of carbonyl (C=O) groups is 2. The number of amides is 2. The van der Waals surface area contributed by atoms with Gasteiger partial charge in [-0.15, -0.1) is 0 Å². The Bertz CT molecular complexity index is 542. The van der Waals surface area contributed by atoms with Gasteiger partial charge in [-0.3, -0.25) is 0 Å². The van der Waals surface area contributed by atoms with E-state index in [2.05, 4.69) is 17.6 Å². The zero-order chi connectivity index (χ0) is 15.4. The second-order valence-electron chi connectivity index (χ2n) is 5.77. The predicted octanol–water partition coefficient (Wildman–Crippen LogP) is 3.39. The molecule has 1 aromatic carbocycles. The van der Waals surface area contributed by atoms with Gasteiger partial charge in [0.1, 0.15) is 0 Å². The van der Waals surface area contributed by atoms with Crippen molar-refractivity contribution in [1.82, 2.24) is 5.32 Å². The van der Waals surface area contributed by atoms with Gasteiger partial charge in [0.15, 0.2) is 0 Å². The van der Waals surface area contributed by atoms with Crippen LogP contribution in [0.1, 0.15) is 48.5 Å². The number of carboxylic acid groups (broad SMARTS) is 1. The molecule has 5 heteroatoms. The van der Waals surface area contributed by atoms with Gasteiger partial charge < -0.3 is 15.7 Å². The highest BCUT2D eigenvalue weighted by Crippen LogP contribution is 2.24. The third kappa shape index (κ3) is 3.74. The molecule has 1 aliphatic carbocycles. The number of anilines is 1. The summed E-state index contributed by atoms with van der Waals surface area (Å²) in [6.45, 7) is 3.86. The van der Waals surface area contributed by atoms with E-state index >= 15 is 0 Å². The van der Waals surface area contributed by atoms with Gasteiger partial charge in [0, 0.05) is 6.04 Å². The van der Waals surface area contributed by atoms with Crippen LogP contribution in [0.3, 0.4) is 0 Å². The van der Waals surface area contributed by atoms with Gasteiger partial charge in [-0.1, -0.05) is 31.9 Å². The standard InChI is InChI=1S/C16H22N2O3/c1-10-6-3-4-8-12(10)17-16(21)18-13-9-5-7-11(2)14(13)15(19)20/h5,7,9-10,12H,3-4,6,8H2,1-2H3,(H,19,20)(H2,17,18,21). The van der Waals surface area contributed by atoms with E-state index < -0.39 is 5.97 Å². The number of hydrogen-bond donors (Lipinski definition) is 3. The highest BCUT2D eigenvalue weighted by molar-refractivity contribution is 6.01. The van der Waals surface area contributed by atoms with Crippen molar-refractivity contribution in [1.29, 1.82) is 0 Å². The monoisotopic (exact) mass is 290 g/mol. The molecule has 0 aromatic heterocycles. The highest BCUT2D eigenvalue weighted by Gasteiger charge is 2.23. The molecule has 1 aliphatic rings. The van der Waals surface area contributed by atoms with Crippen molar-refractivity contribution >= 4 is 17.7 Å². The maximum Gasteiger partial charge on any atom is 0.338 e. The smallest absolute Gasteiger partial charge is 0.338 e. The summed E-state index contributed by atoms with van der Waals surface area (Å²) in [5.41, 5.74) is 1.11. The number of aryl methyl sites for hydroxylation is 1. The SMILES string of the molecule is Cc1cccc(NC(=O)NC2CCCCC2C)c1C(=O)O. The van der Waals surface area contributed by atoms with Crippen LogP contribution < -0.4 is 10.6 Å². The Morgan fingerprint density at radius 3 is 2.62 bits per heavy atom. The van der Waals surface area contributed by atoms with Crippen molar-refractivity contribution in [2.24, 2.45) is 5.92 Å². The molecule has 0 saturated heterocycles. The summed E-state index contributed by atoms with van der Waals surface area (Å²) >= 11 is 0. The Morgan fingerprint density at radius 1 is 1.24 bits per heavy atom. The van der Waals surface area contributed by atoms with Gasteiger partial charge in [-0.25, -0.2) is 9.59 Å². The molecule has 1 saturated carbocycles. The summed E-state index contributed by atoms with van der Waals surface area (Å²) in [5.74, 6) is -0.574. The zero-order valence-electron chi connectivity index (χ0n) is 12.5. The van der Waals surface area contributed by atoms with Crippen molar-refractivity contribution in [2.45, 2.75) is 45.6 Å². The van der Waals surface area contributed by atoms with Crippen LogP contribution in [0.5, 0.6) is 0 Å². The summed E-state index contributed by atoms with van der Waals surface area (Å²) in [4.78, 5) is 23.4. The quantitative estimate of drug-likeness (QED) is 0.798. The molecule has 5 nitrogen and oxygen atoms in total. The molecule has 2 unspecified atom stereocenters. The minimum absolute atomic E-state index is 0.143. The van der Waals surface area contributed by atoms with Crippen LogP contribution in [0.4, 0.5) is 10.5 Å². The third-order valence-corrected chi connectivity index (χ3v) is 4.16. The fourth-order valence-electron chi connectivity index (χ4n) is 2.91. The second kappa shape index (κ2) is 6.61. The minimum Gasteiger partial charge on any atom is -0.478 e. The fourth-order valence-corrected chi connectivity index (χ4v) is 2.91. The van der Waals surface area contributed by atoms with E-state index in [9.17, 15) is 14.7 Å². The van der Waals surface area contributed by atoms with Crippen LogP contribution in [0.15, 0.2) is 18.2 Å². The minimum atomic E-state index is -1.03. The highest BCUT2D eigenvalue weighted by atomic mass is 16.4. The van der Waals surface area contributed by atoms with Crippen LogP contribution in [0.2, 0.25) is 0 Å². The van der Waals surface area contributed by atoms with E-state index in [0.29, 0.717) is 17.2 Å². The first kappa shape index (κ1) is 15.4. The van der Waals surface area contributed by atoms with E-state index in [1.807, 2.05) is 0 Å². The number of benzene rings is 1. The number of aromatic carboxylic acids is 1.